The van der Waals surface area contributed by atoms with Gasteiger partial charge in [0.25, 0.3) is 0 Å². The van der Waals surface area contributed by atoms with Crippen molar-refractivity contribution in [2.45, 2.75) is 25.3 Å². The van der Waals surface area contributed by atoms with E-state index in [9.17, 15) is 4.79 Å². The Bertz CT molecular complexity index is 687. The molecule has 2 bridgehead atoms. The molecule has 2 atom stereocenters. The largest absolute Gasteiger partial charge is 0.309 e. The number of piperidine rings is 1. The Labute approximate surface area is 115 Å². The number of hydrogen-bond donors (Lipinski definition) is 0. The number of amides is 1. The fourth-order valence-corrected chi connectivity index (χ4v) is 3.41. The lowest BCUT2D eigenvalue weighted by atomic mass is 10.1. The highest BCUT2D eigenvalue weighted by Gasteiger charge is 2.45. The highest BCUT2D eigenvalue weighted by molar-refractivity contribution is 6.28. The first-order valence-electron chi connectivity index (χ1n) is 6.48. The van der Waals surface area contributed by atoms with Crippen LogP contribution in [-0.4, -0.2) is 21.9 Å². The summed E-state index contributed by atoms with van der Waals surface area (Å²) in [5, 5.41) is 1.17. The Morgan fingerprint density at radius 3 is 3.00 bits per heavy atom. The number of aromatic nitrogens is 2. The number of rotatable bonds is 1. The number of fused-ring (bicyclic) bond motifs is 3. The van der Waals surface area contributed by atoms with Gasteiger partial charge in [-0.2, -0.15) is 0 Å². The van der Waals surface area contributed by atoms with Crippen molar-refractivity contribution in [2.24, 2.45) is 5.92 Å². The van der Waals surface area contributed by atoms with Crippen molar-refractivity contribution in [1.82, 2.24) is 9.97 Å². The van der Waals surface area contributed by atoms with Crippen molar-refractivity contribution in [3.8, 4) is 0 Å². The van der Waals surface area contributed by atoms with Gasteiger partial charge in [0.15, 0.2) is 0 Å². The molecule has 5 heteroatoms. The van der Waals surface area contributed by atoms with E-state index in [1.807, 2.05) is 23.1 Å². The monoisotopic (exact) mass is 273 g/mol. The van der Waals surface area contributed by atoms with Crippen LogP contribution in [0.1, 0.15) is 19.3 Å². The van der Waals surface area contributed by atoms with Crippen molar-refractivity contribution in [1.29, 1.82) is 0 Å². The van der Waals surface area contributed by atoms with Crippen molar-refractivity contribution >= 4 is 34.1 Å². The Balaban J connectivity index is 1.81. The van der Waals surface area contributed by atoms with E-state index in [0.29, 0.717) is 6.04 Å². The molecule has 1 saturated carbocycles. The second-order valence-electron chi connectivity index (χ2n) is 5.25. The molecule has 0 N–H and O–H groups in total. The normalized spacial score (nSPS) is 25.5. The quantitative estimate of drug-likeness (QED) is 0.751. The van der Waals surface area contributed by atoms with Gasteiger partial charge in [0.2, 0.25) is 11.2 Å². The molecule has 1 aliphatic heterocycles. The molecule has 0 unspecified atom stereocenters. The van der Waals surface area contributed by atoms with E-state index in [0.717, 1.165) is 35.9 Å². The Morgan fingerprint density at radius 1 is 1.32 bits per heavy atom. The number of anilines is 1. The molecule has 96 valence electrons. The summed E-state index contributed by atoms with van der Waals surface area (Å²) in [5.74, 6) is 0.491. The lowest BCUT2D eigenvalue weighted by Crippen LogP contribution is -2.36. The SMILES string of the molecule is O=C1[C@H]2CC[C@H](C2)N1c1ccc2cnc(Cl)nc2c1. The van der Waals surface area contributed by atoms with Crippen LogP contribution in [0.4, 0.5) is 5.69 Å². The molecule has 2 heterocycles. The highest BCUT2D eigenvalue weighted by Crippen LogP contribution is 2.41. The van der Waals surface area contributed by atoms with Gasteiger partial charge in [-0.3, -0.25) is 4.79 Å². The fraction of sp³-hybridized carbons (Fsp3) is 0.357. The summed E-state index contributed by atoms with van der Waals surface area (Å²) in [7, 11) is 0. The van der Waals surface area contributed by atoms with Gasteiger partial charge in [-0.25, -0.2) is 9.97 Å². The van der Waals surface area contributed by atoms with Gasteiger partial charge >= 0.3 is 0 Å². The molecular weight excluding hydrogens is 262 g/mol. The zero-order valence-electron chi connectivity index (χ0n) is 10.2. The van der Waals surface area contributed by atoms with Crippen LogP contribution in [0.25, 0.3) is 10.9 Å². The summed E-state index contributed by atoms with van der Waals surface area (Å²) in [4.78, 5) is 22.3. The minimum atomic E-state index is 0.231. The smallest absolute Gasteiger partial charge is 0.230 e. The summed E-state index contributed by atoms with van der Waals surface area (Å²) in [6, 6.07) is 6.22. The van der Waals surface area contributed by atoms with Gasteiger partial charge in [-0.05, 0) is 49.1 Å². The van der Waals surface area contributed by atoms with Gasteiger partial charge in [-0.1, -0.05) is 0 Å². The van der Waals surface area contributed by atoms with Crippen LogP contribution in [0, 0.1) is 5.92 Å². The Hall–Kier alpha value is -1.68. The van der Waals surface area contributed by atoms with Crippen LogP contribution in [0.15, 0.2) is 24.4 Å². The van der Waals surface area contributed by atoms with E-state index >= 15 is 0 Å². The highest BCUT2D eigenvalue weighted by atomic mass is 35.5. The third-order valence-electron chi connectivity index (χ3n) is 4.17. The zero-order valence-corrected chi connectivity index (χ0v) is 11.0. The van der Waals surface area contributed by atoms with Gasteiger partial charge in [0.05, 0.1) is 5.52 Å². The number of nitrogens with zero attached hydrogens (tertiary/aromatic N) is 3. The van der Waals surface area contributed by atoms with Crippen molar-refractivity contribution in [3.63, 3.8) is 0 Å². The molecule has 0 spiro atoms. The molecule has 2 aromatic rings. The average Bonchev–Trinajstić information content (AvgIpc) is 2.98. The Morgan fingerprint density at radius 2 is 2.21 bits per heavy atom. The summed E-state index contributed by atoms with van der Waals surface area (Å²) < 4.78 is 0. The van der Waals surface area contributed by atoms with Crippen LogP contribution in [0.2, 0.25) is 5.28 Å². The van der Waals surface area contributed by atoms with Crippen molar-refractivity contribution in [3.05, 3.63) is 29.7 Å². The molecule has 1 amide bonds. The fourth-order valence-electron chi connectivity index (χ4n) is 3.27. The minimum Gasteiger partial charge on any atom is -0.309 e. The number of benzene rings is 1. The number of hydrogen-bond acceptors (Lipinski definition) is 3. The van der Waals surface area contributed by atoms with E-state index in [1.54, 1.807) is 6.20 Å². The second kappa shape index (κ2) is 3.90. The molecule has 19 heavy (non-hydrogen) atoms. The average molecular weight is 274 g/mol. The molecule has 4 nitrogen and oxygen atoms in total. The second-order valence-corrected chi connectivity index (χ2v) is 5.59. The molecule has 4 rings (SSSR count). The van der Waals surface area contributed by atoms with E-state index in [2.05, 4.69) is 9.97 Å². The number of carbonyl (C=O) groups is 1. The molecule has 1 saturated heterocycles. The van der Waals surface area contributed by atoms with Gasteiger partial charge in [0, 0.05) is 29.2 Å². The standard InChI is InChI=1S/C14H12ClN3O/c15-14-16-7-9-2-4-11(6-12(9)17-14)18-10-3-1-8(5-10)13(18)19/h2,4,6-8,10H,1,3,5H2/t8-,10+/m0/s1. The lowest BCUT2D eigenvalue weighted by molar-refractivity contribution is -0.121. The van der Waals surface area contributed by atoms with Crippen LogP contribution in [0.5, 0.6) is 0 Å². The minimum absolute atomic E-state index is 0.231. The molecule has 1 aromatic carbocycles. The summed E-state index contributed by atoms with van der Waals surface area (Å²) >= 11 is 5.82. The maximum atomic E-state index is 12.2. The maximum absolute atomic E-state index is 12.2. The van der Waals surface area contributed by atoms with Gasteiger partial charge in [-0.15, -0.1) is 0 Å². The van der Waals surface area contributed by atoms with Crippen molar-refractivity contribution < 1.29 is 4.79 Å². The van der Waals surface area contributed by atoms with Crippen LogP contribution in [0.3, 0.4) is 0 Å². The third kappa shape index (κ3) is 1.63. The summed E-state index contributed by atoms with van der Waals surface area (Å²) in [6.07, 6.45) is 4.86. The van der Waals surface area contributed by atoms with E-state index in [-0.39, 0.29) is 17.1 Å². The van der Waals surface area contributed by atoms with Crippen LogP contribution < -0.4 is 4.90 Å². The zero-order chi connectivity index (χ0) is 13.0. The molecule has 0 radical (unpaired) electrons. The Kier molecular flexibility index (Phi) is 2.30. The molecule has 1 aromatic heterocycles. The van der Waals surface area contributed by atoms with E-state index < -0.39 is 0 Å². The predicted octanol–water partition coefficient (Wildman–Crippen LogP) is 2.80. The summed E-state index contributed by atoms with van der Waals surface area (Å²) in [6.45, 7) is 0. The molecule has 2 aliphatic rings. The predicted molar refractivity (Wildman–Crippen MR) is 73.2 cm³/mol. The topological polar surface area (TPSA) is 46.1 Å². The van der Waals surface area contributed by atoms with E-state index in [1.165, 1.54) is 0 Å². The van der Waals surface area contributed by atoms with Crippen LogP contribution >= 0.6 is 11.6 Å². The maximum Gasteiger partial charge on any atom is 0.230 e. The number of halogens is 1. The van der Waals surface area contributed by atoms with E-state index in [4.69, 9.17) is 11.6 Å². The van der Waals surface area contributed by atoms with Gasteiger partial charge < -0.3 is 4.90 Å². The van der Waals surface area contributed by atoms with Gasteiger partial charge in [0.1, 0.15) is 0 Å². The van der Waals surface area contributed by atoms with Crippen molar-refractivity contribution in [2.75, 3.05) is 4.90 Å². The summed E-state index contributed by atoms with van der Waals surface area (Å²) in [5.41, 5.74) is 1.72. The first-order chi connectivity index (χ1) is 9.22. The first-order valence-corrected chi connectivity index (χ1v) is 6.85. The lowest BCUT2D eigenvalue weighted by Gasteiger charge is -2.27. The third-order valence-corrected chi connectivity index (χ3v) is 4.35. The molecular formula is C14H12ClN3O. The molecule has 2 fully saturated rings. The van der Waals surface area contributed by atoms with Crippen LogP contribution in [-0.2, 0) is 4.79 Å². The first kappa shape index (κ1) is 11.2. The number of carbonyl (C=O) groups excluding carboxylic acids is 1. The molecule has 1 aliphatic carbocycles.